The van der Waals surface area contributed by atoms with Crippen LogP contribution < -0.4 is 0 Å². The average molecular weight is 277 g/mol. The first-order valence-corrected chi connectivity index (χ1v) is 7.37. The molecule has 0 aliphatic rings. The molecule has 0 saturated heterocycles. The molecule has 1 heterocycles. The summed E-state index contributed by atoms with van der Waals surface area (Å²) in [6.07, 6.45) is 2.65. The number of ketones is 1. The Kier molecular flexibility index (Phi) is 3.61. The number of benzene rings is 2. The second-order valence-corrected chi connectivity index (χ2v) is 5.49. The summed E-state index contributed by atoms with van der Waals surface area (Å²) in [6.45, 7) is 4.12. The van der Waals surface area contributed by atoms with Crippen LogP contribution in [0.3, 0.4) is 0 Å². The molecule has 106 valence electrons. The van der Waals surface area contributed by atoms with E-state index in [1.54, 1.807) is 0 Å². The zero-order chi connectivity index (χ0) is 14.8. The van der Waals surface area contributed by atoms with Crippen molar-refractivity contribution in [3.63, 3.8) is 0 Å². The summed E-state index contributed by atoms with van der Waals surface area (Å²) in [4.78, 5) is 16.1. The van der Waals surface area contributed by atoms with Gasteiger partial charge in [-0.05, 0) is 31.0 Å². The summed E-state index contributed by atoms with van der Waals surface area (Å²) in [7, 11) is 0. The summed E-state index contributed by atoms with van der Waals surface area (Å²) in [5, 5.41) is 1.02. The largest absolute Gasteiger partial charge is 0.360 e. The van der Waals surface area contributed by atoms with Crippen molar-refractivity contribution >= 4 is 16.7 Å². The zero-order valence-corrected chi connectivity index (χ0v) is 12.4. The van der Waals surface area contributed by atoms with E-state index in [0.29, 0.717) is 0 Å². The molecule has 21 heavy (non-hydrogen) atoms. The maximum Gasteiger partial charge on any atom is 0.172 e. The molecule has 0 saturated carbocycles. The molecule has 0 bridgehead atoms. The summed E-state index contributed by atoms with van der Waals surface area (Å²) in [5.41, 5.74) is 4.08. The highest BCUT2D eigenvalue weighted by atomic mass is 16.1. The van der Waals surface area contributed by atoms with E-state index in [0.717, 1.165) is 28.5 Å². The molecule has 0 amide bonds. The van der Waals surface area contributed by atoms with Crippen LogP contribution in [0.1, 0.15) is 40.7 Å². The second kappa shape index (κ2) is 5.57. The van der Waals surface area contributed by atoms with Crippen molar-refractivity contribution < 1.29 is 4.79 Å². The van der Waals surface area contributed by atoms with Crippen LogP contribution in [0, 0.1) is 6.92 Å². The topological polar surface area (TPSA) is 32.9 Å². The van der Waals surface area contributed by atoms with E-state index in [4.69, 9.17) is 0 Å². The predicted octanol–water partition coefficient (Wildman–Crippen LogP) is 4.85. The molecule has 2 aromatic carbocycles. The highest BCUT2D eigenvalue weighted by molar-refractivity contribution is 6.10. The molecule has 0 fully saturated rings. The number of hydrogen-bond acceptors (Lipinski definition) is 1. The Hall–Kier alpha value is -2.35. The first-order valence-electron chi connectivity index (χ1n) is 7.37. The van der Waals surface area contributed by atoms with Gasteiger partial charge in [-0.3, -0.25) is 4.79 Å². The minimum atomic E-state index is -0.0780. The van der Waals surface area contributed by atoms with Gasteiger partial charge in [0.05, 0.1) is 0 Å². The van der Waals surface area contributed by atoms with E-state index in [1.807, 2.05) is 42.6 Å². The zero-order valence-electron chi connectivity index (χ0n) is 12.4. The monoisotopic (exact) mass is 277 g/mol. The highest BCUT2D eigenvalue weighted by Crippen LogP contribution is 2.28. The van der Waals surface area contributed by atoms with Gasteiger partial charge < -0.3 is 4.98 Å². The smallest absolute Gasteiger partial charge is 0.172 e. The molecule has 0 aliphatic heterocycles. The Morgan fingerprint density at radius 1 is 1.14 bits per heavy atom. The Bertz CT molecular complexity index is 771. The number of H-pyrrole nitrogens is 1. The van der Waals surface area contributed by atoms with E-state index >= 15 is 0 Å². The average Bonchev–Trinajstić information content (AvgIpc) is 2.92. The van der Waals surface area contributed by atoms with Crippen LogP contribution in [-0.4, -0.2) is 10.8 Å². The first-order chi connectivity index (χ1) is 10.2. The maximum atomic E-state index is 12.9. The fraction of sp³-hybridized carbons (Fsp3) is 0.211. The third-order valence-corrected chi connectivity index (χ3v) is 4.03. The van der Waals surface area contributed by atoms with E-state index < -0.39 is 0 Å². The van der Waals surface area contributed by atoms with E-state index in [2.05, 4.69) is 31.0 Å². The molecule has 3 rings (SSSR count). The van der Waals surface area contributed by atoms with Gasteiger partial charge in [0, 0.05) is 28.6 Å². The highest BCUT2D eigenvalue weighted by Gasteiger charge is 2.22. The summed E-state index contributed by atoms with van der Waals surface area (Å²) < 4.78 is 0. The molecular weight excluding hydrogens is 258 g/mol. The predicted molar refractivity (Wildman–Crippen MR) is 86.8 cm³/mol. The number of Topliss-reactive ketones (excluding diaryl/α,β-unsaturated/α-hetero) is 1. The Labute approximate surface area is 124 Å². The maximum absolute atomic E-state index is 12.9. The van der Waals surface area contributed by atoms with E-state index in [9.17, 15) is 4.79 Å². The number of carbonyl (C=O) groups excluding carboxylic acids is 1. The van der Waals surface area contributed by atoms with E-state index in [1.165, 1.54) is 5.56 Å². The molecule has 3 aromatic rings. The van der Waals surface area contributed by atoms with Gasteiger partial charge in [-0.15, -0.1) is 0 Å². The Morgan fingerprint density at radius 3 is 2.62 bits per heavy atom. The molecule has 2 heteroatoms. The van der Waals surface area contributed by atoms with Gasteiger partial charge in [-0.2, -0.15) is 0 Å². The molecule has 0 aliphatic carbocycles. The lowest BCUT2D eigenvalue weighted by atomic mass is 9.88. The van der Waals surface area contributed by atoms with Crippen molar-refractivity contribution in [3.05, 3.63) is 71.4 Å². The van der Waals surface area contributed by atoms with Crippen LogP contribution >= 0.6 is 0 Å². The van der Waals surface area contributed by atoms with Crippen LogP contribution in [0.2, 0.25) is 0 Å². The minimum absolute atomic E-state index is 0.0780. The number of nitrogens with one attached hydrogen (secondary N) is 1. The normalized spacial score (nSPS) is 12.5. The van der Waals surface area contributed by atoms with Gasteiger partial charge in [-0.25, -0.2) is 0 Å². The summed E-state index contributed by atoms with van der Waals surface area (Å²) in [6, 6.07) is 16.2. The number of carbonyl (C=O) groups is 1. The van der Waals surface area contributed by atoms with Crippen molar-refractivity contribution in [3.8, 4) is 0 Å². The van der Waals surface area contributed by atoms with Crippen molar-refractivity contribution in [2.75, 3.05) is 0 Å². The number of hydrogen-bond donors (Lipinski definition) is 1. The van der Waals surface area contributed by atoms with Crippen LogP contribution in [0.5, 0.6) is 0 Å². The molecule has 1 aromatic heterocycles. The molecule has 2 nitrogen and oxygen atoms in total. The lowest BCUT2D eigenvalue weighted by molar-refractivity contribution is 0.0959. The standard InChI is InChI=1S/C19H19NO/c1-3-15(14-7-5-4-6-8-14)19(21)17-12-20-18-10-9-13(2)11-16(17)18/h4-12,15,20H,3H2,1-2H3. The van der Waals surface area contributed by atoms with Crippen molar-refractivity contribution in [1.82, 2.24) is 4.98 Å². The van der Waals surface area contributed by atoms with Crippen molar-refractivity contribution in [2.45, 2.75) is 26.2 Å². The van der Waals surface area contributed by atoms with Crippen LogP contribution in [0.4, 0.5) is 0 Å². The molecule has 1 unspecified atom stereocenters. The second-order valence-electron chi connectivity index (χ2n) is 5.49. The number of fused-ring (bicyclic) bond motifs is 1. The fourth-order valence-corrected chi connectivity index (χ4v) is 2.88. The molecule has 0 spiro atoms. The number of aromatic nitrogens is 1. The van der Waals surface area contributed by atoms with Gasteiger partial charge in [0.1, 0.15) is 0 Å². The van der Waals surface area contributed by atoms with Crippen molar-refractivity contribution in [1.29, 1.82) is 0 Å². The first kappa shape index (κ1) is 13.6. The minimum Gasteiger partial charge on any atom is -0.360 e. The van der Waals surface area contributed by atoms with Gasteiger partial charge in [0.25, 0.3) is 0 Å². The molecule has 1 atom stereocenters. The fourth-order valence-electron chi connectivity index (χ4n) is 2.88. The third kappa shape index (κ3) is 2.49. The summed E-state index contributed by atoms with van der Waals surface area (Å²) in [5.74, 6) is 0.117. The van der Waals surface area contributed by atoms with Gasteiger partial charge in [0.15, 0.2) is 5.78 Å². The van der Waals surface area contributed by atoms with Crippen molar-refractivity contribution in [2.24, 2.45) is 0 Å². The lowest BCUT2D eigenvalue weighted by Gasteiger charge is -2.13. The van der Waals surface area contributed by atoms with Crippen LogP contribution in [0.15, 0.2) is 54.7 Å². The molecule has 1 N–H and O–H groups in total. The Morgan fingerprint density at radius 2 is 1.90 bits per heavy atom. The number of rotatable bonds is 4. The van der Waals surface area contributed by atoms with Crippen LogP contribution in [-0.2, 0) is 0 Å². The summed E-state index contributed by atoms with van der Waals surface area (Å²) >= 11 is 0. The van der Waals surface area contributed by atoms with Gasteiger partial charge >= 0.3 is 0 Å². The number of aryl methyl sites for hydroxylation is 1. The van der Waals surface area contributed by atoms with Crippen LogP contribution in [0.25, 0.3) is 10.9 Å². The lowest BCUT2D eigenvalue weighted by Crippen LogP contribution is -2.11. The number of aromatic amines is 1. The van der Waals surface area contributed by atoms with E-state index in [-0.39, 0.29) is 11.7 Å². The van der Waals surface area contributed by atoms with Gasteiger partial charge in [-0.1, -0.05) is 48.9 Å². The third-order valence-electron chi connectivity index (χ3n) is 4.03. The molecule has 0 radical (unpaired) electrons. The SMILES string of the molecule is CCC(C(=O)c1c[nH]c2ccc(C)cc12)c1ccccc1. The molecular formula is C19H19NO. The Balaban J connectivity index is 2.05. The quantitative estimate of drug-likeness (QED) is 0.679. The van der Waals surface area contributed by atoms with Gasteiger partial charge in [0.2, 0.25) is 0 Å².